The molecular formula is C19H30N2O4. The van der Waals surface area contributed by atoms with E-state index in [0.717, 1.165) is 13.1 Å². The zero-order valence-electron chi connectivity index (χ0n) is 15.7. The number of carbonyl (C=O) groups excluding carboxylic acids is 1. The lowest BCUT2D eigenvalue weighted by Crippen LogP contribution is -2.55. The number of hydrogen-bond acceptors (Lipinski definition) is 5. The maximum Gasteiger partial charge on any atom is 0.261 e. The molecule has 1 atom stereocenters. The second-order valence-electron chi connectivity index (χ2n) is 6.84. The summed E-state index contributed by atoms with van der Waals surface area (Å²) in [5.74, 6) is 1.51. The minimum Gasteiger partial charge on any atom is -0.496 e. The molecular weight excluding hydrogens is 320 g/mol. The van der Waals surface area contributed by atoms with E-state index in [4.69, 9.17) is 9.47 Å². The number of ether oxygens (including phenoxy) is 2. The quantitative estimate of drug-likeness (QED) is 0.813. The van der Waals surface area contributed by atoms with E-state index < -0.39 is 0 Å². The molecule has 1 unspecified atom stereocenters. The Morgan fingerprint density at radius 1 is 1.24 bits per heavy atom. The lowest BCUT2D eigenvalue weighted by molar-refractivity contribution is 0.0380. The number of carbonyl (C=O) groups is 1. The second-order valence-corrected chi connectivity index (χ2v) is 6.84. The summed E-state index contributed by atoms with van der Waals surface area (Å²) in [6, 6.07) is 5.53. The van der Waals surface area contributed by atoms with E-state index in [2.05, 4.69) is 18.7 Å². The van der Waals surface area contributed by atoms with Crippen molar-refractivity contribution in [3.8, 4) is 11.5 Å². The summed E-state index contributed by atoms with van der Waals surface area (Å²) in [5.41, 5.74) is 0.465. The molecule has 6 nitrogen and oxygen atoms in total. The van der Waals surface area contributed by atoms with Gasteiger partial charge in [0.2, 0.25) is 0 Å². The van der Waals surface area contributed by atoms with Gasteiger partial charge in [0.05, 0.1) is 14.2 Å². The monoisotopic (exact) mass is 350 g/mol. The van der Waals surface area contributed by atoms with Crippen molar-refractivity contribution in [3.63, 3.8) is 0 Å². The van der Waals surface area contributed by atoms with Crippen molar-refractivity contribution in [2.75, 3.05) is 47.0 Å². The molecule has 1 aliphatic rings. The number of aliphatic hydroxyl groups excluding tert-OH is 1. The van der Waals surface area contributed by atoms with Gasteiger partial charge in [0.25, 0.3) is 5.91 Å². The highest BCUT2D eigenvalue weighted by Crippen LogP contribution is 2.30. The van der Waals surface area contributed by atoms with E-state index in [1.807, 2.05) is 11.0 Å². The number of aliphatic hydroxyl groups is 1. The number of piperazine rings is 1. The van der Waals surface area contributed by atoms with Crippen molar-refractivity contribution in [2.24, 2.45) is 5.92 Å². The fraction of sp³-hybridized carbons (Fsp3) is 0.632. The Kier molecular flexibility index (Phi) is 7.08. The summed E-state index contributed by atoms with van der Waals surface area (Å²) in [7, 11) is 3.11. The molecule has 0 aromatic heterocycles. The van der Waals surface area contributed by atoms with Crippen LogP contribution < -0.4 is 9.47 Å². The zero-order valence-corrected chi connectivity index (χ0v) is 15.7. The van der Waals surface area contributed by atoms with Crippen molar-refractivity contribution in [3.05, 3.63) is 23.8 Å². The average molecular weight is 350 g/mol. The van der Waals surface area contributed by atoms with Gasteiger partial charge in [-0.3, -0.25) is 9.69 Å². The molecule has 0 saturated carbocycles. The van der Waals surface area contributed by atoms with Gasteiger partial charge in [-0.2, -0.15) is 0 Å². The molecule has 140 valence electrons. The van der Waals surface area contributed by atoms with Gasteiger partial charge in [-0.1, -0.05) is 19.9 Å². The molecule has 1 N–H and O–H groups in total. The Labute approximate surface area is 150 Å². The van der Waals surface area contributed by atoms with Crippen LogP contribution in [0.3, 0.4) is 0 Å². The van der Waals surface area contributed by atoms with Gasteiger partial charge in [-0.25, -0.2) is 0 Å². The predicted octanol–water partition coefficient (Wildman–Crippen LogP) is 1.87. The average Bonchev–Trinajstić information content (AvgIpc) is 2.61. The van der Waals surface area contributed by atoms with Crippen molar-refractivity contribution >= 4 is 5.91 Å². The molecule has 1 aromatic carbocycles. The van der Waals surface area contributed by atoms with Crippen molar-refractivity contribution < 1.29 is 19.4 Å². The Morgan fingerprint density at radius 3 is 2.40 bits per heavy atom. The van der Waals surface area contributed by atoms with Crippen LogP contribution in [0.1, 0.15) is 30.6 Å². The number of rotatable bonds is 7. The Balaban J connectivity index is 2.21. The number of nitrogens with zero attached hydrogens (tertiary/aromatic N) is 2. The molecule has 6 heteroatoms. The molecule has 1 aromatic rings. The van der Waals surface area contributed by atoms with Crippen LogP contribution in [0.5, 0.6) is 11.5 Å². The highest BCUT2D eigenvalue weighted by Gasteiger charge is 2.32. The Morgan fingerprint density at radius 2 is 1.88 bits per heavy atom. The first-order valence-electron chi connectivity index (χ1n) is 8.87. The van der Waals surface area contributed by atoms with Gasteiger partial charge in [0, 0.05) is 38.8 Å². The number of hydrogen-bond donors (Lipinski definition) is 1. The van der Waals surface area contributed by atoms with Crippen LogP contribution in [0.4, 0.5) is 0 Å². The summed E-state index contributed by atoms with van der Waals surface area (Å²) in [6.45, 7) is 7.55. The van der Waals surface area contributed by atoms with E-state index >= 15 is 0 Å². The van der Waals surface area contributed by atoms with Crippen molar-refractivity contribution in [1.82, 2.24) is 9.80 Å². The third kappa shape index (κ3) is 4.64. The van der Waals surface area contributed by atoms with Gasteiger partial charge < -0.3 is 19.5 Å². The maximum absolute atomic E-state index is 13.1. The second kappa shape index (κ2) is 9.06. The van der Waals surface area contributed by atoms with E-state index in [1.54, 1.807) is 26.4 Å². The van der Waals surface area contributed by atoms with E-state index in [-0.39, 0.29) is 18.6 Å². The molecule has 0 bridgehead atoms. The standard InChI is InChI=1S/C19H30N2O4/c1-14(2)12-20-9-10-21(13-15(20)8-11-22)19(23)18-16(24-3)6-5-7-17(18)25-4/h5-7,14-15,22H,8-13H2,1-4H3. The van der Waals surface area contributed by atoms with Crippen LogP contribution in [-0.2, 0) is 0 Å². The van der Waals surface area contributed by atoms with Crippen LogP contribution in [0.15, 0.2) is 18.2 Å². The molecule has 0 radical (unpaired) electrons. The maximum atomic E-state index is 13.1. The van der Waals surface area contributed by atoms with Crippen molar-refractivity contribution in [2.45, 2.75) is 26.3 Å². The minimum absolute atomic E-state index is 0.0820. The van der Waals surface area contributed by atoms with E-state index in [0.29, 0.717) is 42.5 Å². The zero-order chi connectivity index (χ0) is 18.4. The van der Waals surface area contributed by atoms with Crippen LogP contribution >= 0.6 is 0 Å². The van der Waals surface area contributed by atoms with Crippen LogP contribution in [0, 0.1) is 5.92 Å². The number of benzene rings is 1. The van der Waals surface area contributed by atoms with Gasteiger partial charge in [-0.15, -0.1) is 0 Å². The van der Waals surface area contributed by atoms with Gasteiger partial charge >= 0.3 is 0 Å². The van der Waals surface area contributed by atoms with Gasteiger partial charge in [0.1, 0.15) is 17.1 Å². The molecule has 2 rings (SSSR count). The van der Waals surface area contributed by atoms with Gasteiger partial charge in [-0.05, 0) is 24.5 Å². The fourth-order valence-electron chi connectivity index (χ4n) is 3.43. The van der Waals surface area contributed by atoms with E-state index in [1.165, 1.54) is 0 Å². The molecule has 1 heterocycles. The predicted molar refractivity (Wildman–Crippen MR) is 97.4 cm³/mol. The minimum atomic E-state index is -0.0820. The molecule has 0 aliphatic carbocycles. The van der Waals surface area contributed by atoms with Gasteiger partial charge in [0.15, 0.2) is 0 Å². The van der Waals surface area contributed by atoms with Crippen LogP contribution in [0.25, 0.3) is 0 Å². The molecule has 1 saturated heterocycles. The summed E-state index contributed by atoms with van der Waals surface area (Å²) in [5, 5.41) is 9.41. The first-order chi connectivity index (χ1) is 12.0. The molecule has 1 amide bonds. The summed E-state index contributed by atoms with van der Waals surface area (Å²) < 4.78 is 10.7. The van der Waals surface area contributed by atoms with Crippen molar-refractivity contribution in [1.29, 1.82) is 0 Å². The highest BCUT2D eigenvalue weighted by molar-refractivity contribution is 5.99. The fourth-order valence-corrected chi connectivity index (χ4v) is 3.43. The lowest BCUT2D eigenvalue weighted by atomic mass is 10.0. The molecule has 25 heavy (non-hydrogen) atoms. The summed E-state index contributed by atoms with van der Waals surface area (Å²) in [4.78, 5) is 17.3. The molecule has 0 spiro atoms. The SMILES string of the molecule is COc1cccc(OC)c1C(=O)N1CCN(CC(C)C)C(CCO)C1. The normalized spacial score (nSPS) is 18.5. The Bertz CT molecular complexity index is 554. The molecule has 1 aliphatic heterocycles. The molecule has 1 fully saturated rings. The summed E-state index contributed by atoms with van der Waals surface area (Å²) >= 11 is 0. The van der Waals surface area contributed by atoms with Crippen LogP contribution in [0.2, 0.25) is 0 Å². The topological polar surface area (TPSA) is 62.2 Å². The smallest absolute Gasteiger partial charge is 0.261 e. The Hall–Kier alpha value is -1.79. The third-order valence-electron chi connectivity index (χ3n) is 4.60. The van der Waals surface area contributed by atoms with Crippen LogP contribution in [-0.4, -0.2) is 73.9 Å². The first-order valence-corrected chi connectivity index (χ1v) is 8.87. The summed E-state index contributed by atoms with van der Waals surface area (Å²) in [6.07, 6.45) is 0.666. The highest BCUT2D eigenvalue weighted by atomic mass is 16.5. The number of methoxy groups -OCH3 is 2. The largest absolute Gasteiger partial charge is 0.496 e. The van der Waals surface area contributed by atoms with E-state index in [9.17, 15) is 9.90 Å². The first kappa shape index (κ1) is 19.5. The lowest BCUT2D eigenvalue weighted by Gasteiger charge is -2.42. The number of amides is 1. The third-order valence-corrected chi connectivity index (χ3v) is 4.60.